The summed E-state index contributed by atoms with van der Waals surface area (Å²) in [6.45, 7) is 3.85. The Hall–Kier alpha value is -0.750. The molecule has 0 aromatic heterocycles. The van der Waals surface area contributed by atoms with Gasteiger partial charge in [0.05, 0.1) is 6.61 Å². The summed E-state index contributed by atoms with van der Waals surface area (Å²) in [5.41, 5.74) is 1.01. The molecular formula is C15H21BrF3NO. The number of hydrogen-bond donors (Lipinski definition) is 1. The highest BCUT2D eigenvalue weighted by atomic mass is 79.9. The Morgan fingerprint density at radius 1 is 1.24 bits per heavy atom. The second kappa shape index (κ2) is 9.30. The van der Waals surface area contributed by atoms with Crippen molar-refractivity contribution in [3.8, 4) is 5.75 Å². The summed E-state index contributed by atoms with van der Waals surface area (Å²) >= 11 is 3.41. The minimum atomic E-state index is -4.05. The third-order valence-electron chi connectivity index (χ3n) is 2.86. The molecule has 0 aliphatic carbocycles. The molecule has 21 heavy (non-hydrogen) atoms. The van der Waals surface area contributed by atoms with Gasteiger partial charge in [-0.25, -0.2) is 0 Å². The Morgan fingerprint density at radius 2 is 2.00 bits per heavy atom. The van der Waals surface area contributed by atoms with Gasteiger partial charge in [0, 0.05) is 23.0 Å². The van der Waals surface area contributed by atoms with Crippen LogP contribution in [0.3, 0.4) is 0 Å². The van der Waals surface area contributed by atoms with Crippen LogP contribution >= 0.6 is 15.9 Å². The van der Waals surface area contributed by atoms with Gasteiger partial charge in [-0.15, -0.1) is 0 Å². The van der Waals surface area contributed by atoms with E-state index in [1.807, 2.05) is 25.1 Å². The highest BCUT2D eigenvalue weighted by Crippen LogP contribution is 2.24. The molecule has 2 nitrogen and oxygen atoms in total. The third kappa shape index (κ3) is 8.31. The maximum absolute atomic E-state index is 12.0. The molecule has 0 bridgehead atoms. The zero-order valence-corrected chi connectivity index (χ0v) is 13.7. The molecule has 1 aromatic carbocycles. The number of unbranched alkanes of at least 4 members (excludes halogenated alkanes) is 1. The van der Waals surface area contributed by atoms with Crippen molar-refractivity contribution in [2.75, 3.05) is 13.2 Å². The highest BCUT2D eigenvalue weighted by molar-refractivity contribution is 9.10. The van der Waals surface area contributed by atoms with Crippen molar-refractivity contribution in [1.29, 1.82) is 0 Å². The van der Waals surface area contributed by atoms with Crippen molar-refractivity contribution >= 4 is 15.9 Å². The third-order valence-corrected chi connectivity index (χ3v) is 3.36. The lowest BCUT2D eigenvalue weighted by atomic mass is 10.2. The molecule has 120 valence electrons. The second-order valence-corrected chi connectivity index (χ2v) is 5.77. The lowest BCUT2D eigenvalue weighted by molar-refractivity contribution is -0.135. The van der Waals surface area contributed by atoms with Crippen molar-refractivity contribution in [3.05, 3.63) is 28.2 Å². The first-order chi connectivity index (χ1) is 9.92. The molecule has 0 aliphatic heterocycles. The molecule has 0 radical (unpaired) electrons. The van der Waals surface area contributed by atoms with Gasteiger partial charge in [0.2, 0.25) is 0 Å². The molecule has 0 aliphatic rings. The Kier molecular flexibility index (Phi) is 8.11. The standard InChI is InChI=1S/C15H21BrF3NO/c1-2-9-21-14-6-5-13(16)10-12(14)11-20-8-4-3-7-15(17,18)19/h5-6,10,20H,2-4,7-9,11H2,1H3. The van der Waals surface area contributed by atoms with Crippen LogP contribution in [0.2, 0.25) is 0 Å². The molecule has 0 saturated carbocycles. The Bertz CT molecular complexity index is 424. The summed E-state index contributed by atoms with van der Waals surface area (Å²) in [5, 5.41) is 3.16. The van der Waals surface area contributed by atoms with Crippen molar-refractivity contribution in [2.45, 2.75) is 45.3 Å². The number of nitrogens with one attached hydrogen (secondary N) is 1. The molecule has 0 spiro atoms. The maximum Gasteiger partial charge on any atom is 0.389 e. The maximum atomic E-state index is 12.0. The molecule has 6 heteroatoms. The molecule has 1 aromatic rings. The van der Waals surface area contributed by atoms with E-state index >= 15 is 0 Å². The predicted octanol–water partition coefficient (Wildman–Crippen LogP) is 5.06. The molecule has 0 unspecified atom stereocenters. The van der Waals surface area contributed by atoms with Gasteiger partial charge in [-0.2, -0.15) is 13.2 Å². The first-order valence-electron chi connectivity index (χ1n) is 7.11. The Balaban J connectivity index is 2.35. The van der Waals surface area contributed by atoms with Crippen LogP contribution in [0.4, 0.5) is 13.2 Å². The zero-order valence-electron chi connectivity index (χ0n) is 12.1. The van der Waals surface area contributed by atoms with E-state index in [9.17, 15) is 13.2 Å². The number of benzene rings is 1. The molecule has 0 heterocycles. The lowest BCUT2D eigenvalue weighted by Crippen LogP contribution is -2.16. The SMILES string of the molecule is CCCOc1ccc(Br)cc1CNCCCCC(F)(F)F. The fourth-order valence-electron chi connectivity index (χ4n) is 1.84. The molecule has 0 saturated heterocycles. The summed E-state index contributed by atoms with van der Waals surface area (Å²) in [5.74, 6) is 0.822. The predicted molar refractivity (Wildman–Crippen MR) is 81.5 cm³/mol. The van der Waals surface area contributed by atoms with Crippen molar-refractivity contribution in [1.82, 2.24) is 5.32 Å². The average Bonchev–Trinajstić information content (AvgIpc) is 2.40. The van der Waals surface area contributed by atoms with E-state index < -0.39 is 12.6 Å². The van der Waals surface area contributed by atoms with Gasteiger partial charge in [0.15, 0.2) is 0 Å². The topological polar surface area (TPSA) is 21.3 Å². The van der Waals surface area contributed by atoms with E-state index in [-0.39, 0.29) is 6.42 Å². The summed E-state index contributed by atoms with van der Waals surface area (Å²) in [7, 11) is 0. The average molecular weight is 368 g/mol. The Labute approximate surface area is 132 Å². The van der Waals surface area contributed by atoms with Gasteiger partial charge in [-0.1, -0.05) is 22.9 Å². The molecule has 1 N–H and O–H groups in total. The number of alkyl halides is 3. The monoisotopic (exact) mass is 367 g/mol. The van der Waals surface area contributed by atoms with Gasteiger partial charge >= 0.3 is 6.18 Å². The minimum absolute atomic E-state index is 0.161. The summed E-state index contributed by atoms with van der Waals surface area (Å²) < 4.78 is 42.6. The quantitative estimate of drug-likeness (QED) is 0.615. The van der Waals surface area contributed by atoms with Crippen LogP contribution in [0.15, 0.2) is 22.7 Å². The smallest absolute Gasteiger partial charge is 0.389 e. The molecule has 0 atom stereocenters. The number of hydrogen-bond acceptors (Lipinski definition) is 2. The number of halogens is 4. The fourth-order valence-corrected chi connectivity index (χ4v) is 2.25. The minimum Gasteiger partial charge on any atom is -0.493 e. The van der Waals surface area contributed by atoms with E-state index in [2.05, 4.69) is 21.2 Å². The molecule has 0 amide bonds. The van der Waals surface area contributed by atoms with Crippen molar-refractivity contribution < 1.29 is 17.9 Å². The Morgan fingerprint density at radius 3 is 2.67 bits per heavy atom. The highest BCUT2D eigenvalue weighted by Gasteiger charge is 2.25. The van der Waals surface area contributed by atoms with Crippen LogP contribution < -0.4 is 10.1 Å². The summed E-state index contributed by atoms with van der Waals surface area (Å²) in [4.78, 5) is 0. The molecular weight excluding hydrogens is 347 g/mol. The van der Waals surface area contributed by atoms with Crippen LogP contribution in [0.25, 0.3) is 0 Å². The van der Waals surface area contributed by atoms with Crippen LogP contribution in [0, 0.1) is 0 Å². The first-order valence-corrected chi connectivity index (χ1v) is 7.90. The van der Waals surface area contributed by atoms with Crippen LogP contribution in [-0.2, 0) is 6.54 Å². The number of rotatable bonds is 9. The van der Waals surface area contributed by atoms with Crippen molar-refractivity contribution in [3.63, 3.8) is 0 Å². The normalized spacial score (nSPS) is 11.7. The van der Waals surface area contributed by atoms with Gasteiger partial charge in [-0.05, 0) is 44.0 Å². The van der Waals surface area contributed by atoms with E-state index in [0.29, 0.717) is 26.1 Å². The number of ether oxygens (including phenoxy) is 1. The van der Waals surface area contributed by atoms with Gasteiger partial charge in [0.25, 0.3) is 0 Å². The van der Waals surface area contributed by atoms with Gasteiger partial charge < -0.3 is 10.1 Å². The largest absolute Gasteiger partial charge is 0.493 e. The van der Waals surface area contributed by atoms with Crippen molar-refractivity contribution in [2.24, 2.45) is 0 Å². The van der Waals surface area contributed by atoms with E-state index in [1.54, 1.807) is 0 Å². The summed E-state index contributed by atoms with van der Waals surface area (Å²) in [6, 6.07) is 5.78. The fraction of sp³-hybridized carbons (Fsp3) is 0.600. The first kappa shape index (κ1) is 18.3. The zero-order chi connectivity index (χ0) is 15.7. The lowest BCUT2D eigenvalue weighted by Gasteiger charge is -2.12. The summed E-state index contributed by atoms with van der Waals surface area (Å²) in [6.07, 6.45) is -3.16. The van der Waals surface area contributed by atoms with Gasteiger partial charge in [0.1, 0.15) is 5.75 Å². The molecule has 0 fully saturated rings. The van der Waals surface area contributed by atoms with Crippen LogP contribution in [0.5, 0.6) is 5.75 Å². The van der Waals surface area contributed by atoms with Crippen LogP contribution in [-0.4, -0.2) is 19.3 Å². The van der Waals surface area contributed by atoms with E-state index in [0.717, 1.165) is 22.2 Å². The second-order valence-electron chi connectivity index (χ2n) is 4.85. The molecule has 1 rings (SSSR count). The van der Waals surface area contributed by atoms with E-state index in [1.165, 1.54) is 0 Å². The van der Waals surface area contributed by atoms with Crippen LogP contribution in [0.1, 0.15) is 38.2 Å². The van der Waals surface area contributed by atoms with Gasteiger partial charge in [-0.3, -0.25) is 0 Å². The van der Waals surface area contributed by atoms with E-state index in [4.69, 9.17) is 4.74 Å².